The Balaban J connectivity index is 1.61. The number of nitrogens with zero attached hydrogens (tertiary/aromatic N) is 1. The predicted molar refractivity (Wildman–Crippen MR) is 136 cm³/mol. The quantitative estimate of drug-likeness (QED) is 0.171. The van der Waals surface area contributed by atoms with Gasteiger partial charge < -0.3 is 14.2 Å². The van der Waals surface area contributed by atoms with E-state index in [2.05, 4.69) is 43.5 Å². The van der Waals surface area contributed by atoms with E-state index in [4.69, 9.17) is 14.2 Å². The number of halogens is 3. The van der Waals surface area contributed by atoms with E-state index in [-0.39, 0.29) is 17.2 Å². The lowest BCUT2D eigenvalue weighted by Gasteiger charge is -2.15. The maximum absolute atomic E-state index is 14.0. The van der Waals surface area contributed by atoms with Crippen LogP contribution in [0.15, 0.2) is 75.8 Å². The van der Waals surface area contributed by atoms with Crippen molar-refractivity contribution in [2.45, 2.75) is 13.5 Å². The van der Waals surface area contributed by atoms with E-state index in [0.29, 0.717) is 34.7 Å². The molecule has 0 unspecified atom stereocenters. The number of carbonyl (C=O) groups is 1. The number of hydrogen-bond donors (Lipinski definition) is 0. The van der Waals surface area contributed by atoms with Gasteiger partial charge >= 0.3 is 5.97 Å². The van der Waals surface area contributed by atoms with Gasteiger partial charge in [0.15, 0.2) is 17.2 Å². The molecular weight excluding hydrogens is 604 g/mol. The molecule has 0 amide bonds. The van der Waals surface area contributed by atoms with Crippen molar-refractivity contribution < 1.29 is 23.4 Å². The van der Waals surface area contributed by atoms with Crippen LogP contribution in [-0.2, 0) is 16.1 Å². The van der Waals surface area contributed by atoms with Gasteiger partial charge in [0, 0.05) is 3.57 Å². The summed E-state index contributed by atoms with van der Waals surface area (Å²) >= 11 is 5.79. The van der Waals surface area contributed by atoms with E-state index in [1.807, 2.05) is 31.2 Å². The van der Waals surface area contributed by atoms with Gasteiger partial charge in [0.05, 0.1) is 16.6 Å². The number of benzene rings is 3. The van der Waals surface area contributed by atoms with Crippen molar-refractivity contribution in [1.29, 1.82) is 0 Å². The zero-order valence-electron chi connectivity index (χ0n) is 17.5. The lowest BCUT2D eigenvalue weighted by Crippen LogP contribution is -2.07. The van der Waals surface area contributed by atoms with Gasteiger partial charge in [-0.15, -0.1) is 0 Å². The van der Waals surface area contributed by atoms with Gasteiger partial charge in [-0.2, -0.15) is 0 Å². The average Bonchev–Trinajstić information content (AvgIpc) is 3.15. The summed E-state index contributed by atoms with van der Waals surface area (Å²) in [5.41, 5.74) is 1.87. The summed E-state index contributed by atoms with van der Waals surface area (Å²) < 4.78 is 32.8. The van der Waals surface area contributed by atoms with Crippen molar-refractivity contribution in [3.63, 3.8) is 0 Å². The average molecular weight is 622 g/mol. The lowest BCUT2D eigenvalue weighted by atomic mass is 10.1. The molecule has 0 fully saturated rings. The van der Waals surface area contributed by atoms with Gasteiger partial charge in [-0.1, -0.05) is 24.3 Å². The Morgan fingerprint density at radius 1 is 1.12 bits per heavy atom. The molecule has 3 aromatic carbocycles. The maximum atomic E-state index is 14.0. The zero-order valence-corrected chi connectivity index (χ0v) is 21.2. The van der Waals surface area contributed by atoms with Crippen molar-refractivity contribution in [3.05, 3.63) is 96.9 Å². The first-order chi connectivity index (χ1) is 15.9. The van der Waals surface area contributed by atoms with Crippen molar-refractivity contribution in [1.82, 2.24) is 0 Å². The number of rotatable bonds is 7. The molecule has 8 heteroatoms. The summed E-state index contributed by atoms with van der Waals surface area (Å²) in [4.78, 5) is 16.5. The molecule has 5 nitrogen and oxygen atoms in total. The fraction of sp³-hybridized carbons (Fsp3) is 0.120. The third-order valence-corrected chi connectivity index (χ3v) is 5.96. The second-order valence-corrected chi connectivity index (χ2v) is 9.09. The molecule has 3 aromatic rings. The van der Waals surface area contributed by atoms with Crippen LogP contribution in [0.1, 0.15) is 23.6 Å². The van der Waals surface area contributed by atoms with E-state index < -0.39 is 11.8 Å². The molecule has 1 aliphatic rings. The molecule has 0 N–H and O–H groups in total. The second-order valence-electron chi connectivity index (χ2n) is 6.99. The SMILES string of the molecule is CCOc1cc(/C=C2\N=C(c3ccccc3F)OC2=O)cc(Br)c1OCc1ccc(I)cc1. The summed E-state index contributed by atoms with van der Waals surface area (Å²) in [6.45, 7) is 2.68. The Morgan fingerprint density at radius 2 is 1.88 bits per heavy atom. The highest BCUT2D eigenvalue weighted by Crippen LogP contribution is 2.38. The van der Waals surface area contributed by atoms with Gasteiger partial charge in [0.1, 0.15) is 12.4 Å². The highest BCUT2D eigenvalue weighted by atomic mass is 127. The van der Waals surface area contributed by atoms with E-state index in [9.17, 15) is 9.18 Å². The topological polar surface area (TPSA) is 57.1 Å². The maximum Gasteiger partial charge on any atom is 0.363 e. The zero-order chi connectivity index (χ0) is 23.4. The number of carbonyl (C=O) groups excluding carboxylic acids is 1. The van der Waals surface area contributed by atoms with E-state index in [1.54, 1.807) is 30.3 Å². The molecule has 1 aliphatic heterocycles. The van der Waals surface area contributed by atoms with Crippen LogP contribution in [-0.4, -0.2) is 18.5 Å². The summed E-state index contributed by atoms with van der Waals surface area (Å²) in [7, 11) is 0. The number of aliphatic imine (C=N–C) groups is 1. The van der Waals surface area contributed by atoms with Crippen LogP contribution in [0.5, 0.6) is 11.5 Å². The van der Waals surface area contributed by atoms with Gasteiger partial charge in [-0.25, -0.2) is 14.2 Å². The first-order valence-corrected chi connectivity index (χ1v) is 11.9. The third-order valence-electron chi connectivity index (χ3n) is 4.66. The van der Waals surface area contributed by atoms with Gasteiger partial charge in [0.2, 0.25) is 5.90 Å². The normalized spacial score (nSPS) is 14.2. The molecule has 0 saturated carbocycles. The van der Waals surface area contributed by atoms with Crippen LogP contribution >= 0.6 is 38.5 Å². The largest absolute Gasteiger partial charge is 0.490 e. The molecule has 4 rings (SSSR count). The number of hydrogen-bond acceptors (Lipinski definition) is 5. The van der Waals surface area contributed by atoms with Crippen LogP contribution in [0.3, 0.4) is 0 Å². The highest BCUT2D eigenvalue weighted by Gasteiger charge is 2.26. The molecule has 1 heterocycles. The standard InChI is InChI=1S/C25H18BrFINO4/c1-2-31-22-13-16(11-19(26)23(22)32-14-15-7-9-17(28)10-8-15)12-21-25(30)33-24(29-21)18-5-3-4-6-20(18)27/h3-13H,2,14H2,1H3/b21-12-. The Hall–Kier alpha value is -2.72. The van der Waals surface area contributed by atoms with Crippen molar-refractivity contribution in [2.24, 2.45) is 4.99 Å². The summed E-state index contributed by atoms with van der Waals surface area (Å²) in [5, 5.41) is 0. The minimum atomic E-state index is -0.652. The lowest BCUT2D eigenvalue weighted by molar-refractivity contribution is -0.129. The molecule has 0 bridgehead atoms. The molecule has 168 valence electrons. The minimum absolute atomic E-state index is 0.0640. The smallest absolute Gasteiger partial charge is 0.363 e. The van der Waals surface area contributed by atoms with Gasteiger partial charge in [-0.05, 0) is 99.0 Å². The molecule has 0 aromatic heterocycles. The van der Waals surface area contributed by atoms with Crippen LogP contribution < -0.4 is 9.47 Å². The van der Waals surface area contributed by atoms with E-state index in [1.165, 1.54) is 12.1 Å². The van der Waals surface area contributed by atoms with Gasteiger partial charge in [0.25, 0.3) is 0 Å². The summed E-state index contributed by atoms with van der Waals surface area (Å²) in [5.74, 6) is -0.149. The fourth-order valence-corrected chi connectivity index (χ4v) is 4.06. The Kier molecular flexibility index (Phi) is 7.44. The van der Waals surface area contributed by atoms with Crippen LogP contribution in [0, 0.1) is 9.39 Å². The Morgan fingerprint density at radius 3 is 2.61 bits per heavy atom. The Labute approximate surface area is 212 Å². The van der Waals surface area contributed by atoms with E-state index >= 15 is 0 Å². The fourth-order valence-electron chi connectivity index (χ4n) is 3.13. The van der Waals surface area contributed by atoms with E-state index in [0.717, 1.165) is 9.13 Å². The van der Waals surface area contributed by atoms with Gasteiger partial charge in [-0.3, -0.25) is 0 Å². The molecule has 0 radical (unpaired) electrons. The molecule has 0 aliphatic carbocycles. The summed E-state index contributed by atoms with van der Waals surface area (Å²) in [6, 6.07) is 17.6. The van der Waals surface area contributed by atoms with Crippen molar-refractivity contribution in [2.75, 3.05) is 6.61 Å². The Bertz CT molecular complexity index is 1260. The third kappa shape index (κ3) is 5.62. The monoisotopic (exact) mass is 621 g/mol. The van der Waals surface area contributed by atoms with Crippen LogP contribution in [0.2, 0.25) is 0 Å². The molecule has 33 heavy (non-hydrogen) atoms. The highest BCUT2D eigenvalue weighted by molar-refractivity contribution is 14.1. The minimum Gasteiger partial charge on any atom is -0.490 e. The second kappa shape index (κ2) is 10.5. The molecule has 0 spiro atoms. The van der Waals surface area contributed by atoms with Crippen molar-refractivity contribution in [3.8, 4) is 11.5 Å². The molecule has 0 atom stereocenters. The first kappa shape index (κ1) is 23.4. The molecular formula is C25H18BrFINO4. The van der Waals surface area contributed by atoms with Crippen molar-refractivity contribution >= 4 is 56.5 Å². The van der Waals surface area contributed by atoms with Crippen LogP contribution in [0.4, 0.5) is 4.39 Å². The predicted octanol–water partition coefficient (Wildman–Crippen LogP) is 6.52. The van der Waals surface area contributed by atoms with Crippen LogP contribution in [0.25, 0.3) is 6.08 Å². The summed E-state index contributed by atoms with van der Waals surface area (Å²) in [6.07, 6.45) is 1.56. The number of cyclic esters (lactones) is 1. The molecule has 0 saturated heterocycles. The number of ether oxygens (including phenoxy) is 3. The first-order valence-electron chi connectivity index (χ1n) is 10.1. The number of esters is 1.